The summed E-state index contributed by atoms with van der Waals surface area (Å²) in [5.41, 5.74) is -0.0367. The summed E-state index contributed by atoms with van der Waals surface area (Å²) in [7, 11) is 0.623. The Kier molecular flexibility index (Phi) is 6.79. The monoisotopic (exact) mass is 460 g/mol. The molecule has 2 aromatic carbocycles. The fraction of sp³-hybridized carbons (Fsp3) is 0.400. The maximum atomic E-state index is 13.0. The Hall–Kier alpha value is -2.34. The number of hydroxylamine groups is 2. The first-order valence-corrected chi connectivity index (χ1v) is 10.8. The van der Waals surface area contributed by atoms with Gasteiger partial charge in [-0.15, -0.1) is 0 Å². The average molecular weight is 460 g/mol. The molecule has 11 heteroatoms. The maximum absolute atomic E-state index is 13.0. The van der Waals surface area contributed by atoms with E-state index in [-0.39, 0.29) is 18.7 Å². The second-order valence-corrected chi connectivity index (χ2v) is 9.02. The topological polar surface area (TPSA) is 77.1 Å². The van der Waals surface area contributed by atoms with Gasteiger partial charge in [0, 0.05) is 19.7 Å². The molecule has 1 heterocycles. The van der Waals surface area contributed by atoms with Crippen molar-refractivity contribution in [1.82, 2.24) is 9.79 Å². The summed E-state index contributed by atoms with van der Waals surface area (Å²) in [5, 5.41) is 0.433. The molecular formula is C20H23F3N2O5S. The molecule has 0 bridgehead atoms. The van der Waals surface area contributed by atoms with Crippen LogP contribution in [0.25, 0.3) is 0 Å². The fourth-order valence-electron chi connectivity index (χ4n) is 3.43. The molecule has 0 spiro atoms. The molecule has 3 rings (SSSR count). The Morgan fingerprint density at radius 3 is 2.35 bits per heavy atom. The van der Waals surface area contributed by atoms with Gasteiger partial charge in [0.25, 0.3) is 0 Å². The van der Waals surface area contributed by atoms with Crippen molar-refractivity contribution in [2.75, 3.05) is 27.9 Å². The molecule has 0 aliphatic carbocycles. The third-order valence-electron chi connectivity index (χ3n) is 5.03. The number of nitrogens with one attached hydrogen (secondary N) is 1. The Morgan fingerprint density at radius 2 is 1.77 bits per heavy atom. The number of rotatable bonds is 7. The molecule has 0 amide bonds. The highest BCUT2D eigenvalue weighted by atomic mass is 32.2. The summed E-state index contributed by atoms with van der Waals surface area (Å²) in [4.78, 5) is 5.47. The van der Waals surface area contributed by atoms with Gasteiger partial charge in [-0.25, -0.2) is 13.1 Å². The van der Waals surface area contributed by atoms with E-state index in [0.717, 1.165) is 12.1 Å². The lowest BCUT2D eigenvalue weighted by Gasteiger charge is -2.24. The van der Waals surface area contributed by atoms with E-state index < -0.39 is 33.1 Å². The zero-order valence-electron chi connectivity index (χ0n) is 17.1. The van der Waals surface area contributed by atoms with Crippen LogP contribution in [-0.2, 0) is 27.6 Å². The first kappa shape index (κ1) is 23.3. The second-order valence-electron chi connectivity index (χ2n) is 7.04. The molecule has 1 aliphatic heterocycles. The van der Waals surface area contributed by atoms with E-state index in [2.05, 4.69) is 4.72 Å². The van der Waals surface area contributed by atoms with E-state index in [1.54, 1.807) is 25.2 Å². The summed E-state index contributed by atoms with van der Waals surface area (Å²) in [6, 6.07) is 8.89. The number of methoxy groups -OCH3 is 2. The predicted molar refractivity (Wildman–Crippen MR) is 107 cm³/mol. The van der Waals surface area contributed by atoms with Crippen molar-refractivity contribution < 1.29 is 35.9 Å². The first-order chi connectivity index (χ1) is 14.5. The van der Waals surface area contributed by atoms with Gasteiger partial charge in [0.1, 0.15) is 16.7 Å². The molecule has 2 aromatic rings. The molecule has 2 atom stereocenters. The van der Waals surface area contributed by atoms with Gasteiger partial charge in [0.05, 0.1) is 32.4 Å². The third kappa shape index (κ3) is 5.29. The number of ether oxygens (including phenoxy) is 2. The van der Waals surface area contributed by atoms with Gasteiger partial charge in [-0.3, -0.25) is 4.84 Å². The van der Waals surface area contributed by atoms with Gasteiger partial charge in [-0.05, 0) is 29.3 Å². The summed E-state index contributed by atoms with van der Waals surface area (Å²) in [5.74, 6) is 0.977. The van der Waals surface area contributed by atoms with E-state index >= 15 is 0 Å². The molecule has 1 N–H and O–H groups in total. The second kappa shape index (κ2) is 9.03. The molecule has 31 heavy (non-hydrogen) atoms. The van der Waals surface area contributed by atoms with E-state index in [0.29, 0.717) is 17.1 Å². The van der Waals surface area contributed by atoms with Crippen molar-refractivity contribution in [2.24, 2.45) is 0 Å². The first-order valence-electron chi connectivity index (χ1n) is 9.28. The maximum Gasteiger partial charge on any atom is 0.416 e. The van der Waals surface area contributed by atoms with E-state index in [1.165, 1.54) is 31.4 Å². The number of halogens is 3. The molecule has 7 nitrogen and oxygen atoms in total. The number of hydrogen-bond donors (Lipinski definition) is 1. The average Bonchev–Trinajstić information content (AvgIpc) is 3.14. The van der Waals surface area contributed by atoms with Crippen LogP contribution >= 0.6 is 0 Å². The Bertz CT molecular complexity index is 1010. The van der Waals surface area contributed by atoms with E-state index in [1.807, 2.05) is 0 Å². The molecule has 0 radical (unpaired) electrons. The smallest absolute Gasteiger partial charge is 0.416 e. The molecule has 0 aromatic heterocycles. The minimum Gasteiger partial charge on any atom is -0.497 e. The highest BCUT2D eigenvalue weighted by Crippen LogP contribution is 2.37. The zero-order valence-corrected chi connectivity index (χ0v) is 18.0. The van der Waals surface area contributed by atoms with Gasteiger partial charge in [-0.2, -0.15) is 18.2 Å². The van der Waals surface area contributed by atoms with Crippen LogP contribution in [0, 0.1) is 0 Å². The highest BCUT2D eigenvalue weighted by Gasteiger charge is 2.43. The standard InChI is InChI=1S/C20H23F3N2O5S/c1-25-19(14-8-16(28-2)10-17(9-14)29-3)18(12-30-25)31(26,27)24-11-13-5-4-6-15(7-13)20(21,22)23/h4-10,18-19,24H,11-12H2,1-3H3/t18-,19-/m1/s1. The minimum absolute atomic E-state index is 0.112. The molecule has 1 saturated heterocycles. The number of hydrogen-bond acceptors (Lipinski definition) is 6. The van der Waals surface area contributed by atoms with Crippen molar-refractivity contribution in [2.45, 2.75) is 24.0 Å². The van der Waals surface area contributed by atoms with Crippen molar-refractivity contribution >= 4 is 10.0 Å². The van der Waals surface area contributed by atoms with Crippen molar-refractivity contribution in [3.63, 3.8) is 0 Å². The van der Waals surface area contributed by atoms with Crippen LogP contribution < -0.4 is 14.2 Å². The van der Waals surface area contributed by atoms with Crippen LogP contribution in [0.4, 0.5) is 13.2 Å². The molecular weight excluding hydrogens is 437 g/mol. The lowest BCUT2D eigenvalue weighted by atomic mass is 10.0. The third-order valence-corrected chi connectivity index (χ3v) is 6.77. The summed E-state index contributed by atoms with van der Waals surface area (Å²) < 4.78 is 77.7. The van der Waals surface area contributed by atoms with Gasteiger partial charge >= 0.3 is 6.18 Å². The quantitative estimate of drug-likeness (QED) is 0.684. The van der Waals surface area contributed by atoms with Crippen LogP contribution in [0.2, 0.25) is 0 Å². The molecule has 0 saturated carbocycles. The molecule has 0 unspecified atom stereocenters. The van der Waals surface area contributed by atoms with Gasteiger partial charge in [-0.1, -0.05) is 18.2 Å². The van der Waals surface area contributed by atoms with E-state index in [4.69, 9.17) is 14.3 Å². The largest absolute Gasteiger partial charge is 0.497 e. The van der Waals surface area contributed by atoms with Crippen molar-refractivity contribution in [1.29, 1.82) is 0 Å². The zero-order chi connectivity index (χ0) is 22.8. The minimum atomic E-state index is -4.51. The highest BCUT2D eigenvalue weighted by molar-refractivity contribution is 7.90. The summed E-state index contributed by atoms with van der Waals surface area (Å²) in [6.45, 7) is -0.390. The lowest BCUT2D eigenvalue weighted by molar-refractivity contribution is -0.137. The molecule has 170 valence electrons. The number of alkyl halides is 3. The number of nitrogens with zero attached hydrogens (tertiary/aromatic N) is 1. The fourth-order valence-corrected chi connectivity index (χ4v) is 4.92. The van der Waals surface area contributed by atoms with Crippen LogP contribution in [0.3, 0.4) is 0 Å². The lowest BCUT2D eigenvalue weighted by Crippen LogP contribution is -2.39. The number of benzene rings is 2. The van der Waals surface area contributed by atoms with Crippen LogP contribution in [0.1, 0.15) is 22.7 Å². The van der Waals surface area contributed by atoms with Crippen molar-refractivity contribution in [3.05, 3.63) is 59.2 Å². The summed E-state index contributed by atoms with van der Waals surface area (Å²) in [6.07, 6.45) is -4.51. The van der Waals surface area contributed by atoms with Gasteiger partial charge in [0.2, 0.25) is 10.0 Å². The number of sulfonamides is 1. The molecule has 1 fully saturated rings. The normalized spacial score (nSPS) is 20.1. The predicted octanol–water partition coefficient (Wildman–Crippen LogP) is 3.13. The summed E-state index contributed by atoms with van der Waals surface area (Å²) >= 11 is 0. The Morgan fingerprint density at radius 1 is 1.13 bits per heavy atom. The Labute approximate surface area is 178 Å². The van der Waals surface area contributed by atoms with Crippen LogP contribution in [0.5, 0.6) is 11.5 Å². The van der Waals surface area contributed by atoms with Crippen LogP contribution in [-0.4, -0.2) is 46.6 Å². The van der Waals surface area contributed by atoms with E-state index in [9.17, 15) is 21.6 Å². The Balaban J connectivity index is 1.84. The molecule has 1 aliphatic rings. The van der Waals surface area contributed by atoms with Gasteiger partial charge < -0.3 is 9.47 Å². The SMILES string of the molecule is COc1cc(OC)cc([C@@H]2[C@H](S(=O)(=O)NCc3cccc(C(F)(F)F)c3)CON2C)c1. The van der Waals surface area contributed by atoms with Crippen molar-refractivity contribution in [3.8, 4) is 11.5 Å². The van der Waals surface area contributed by atoms with Gasteiger partial charge in [0.15, 0.2) is 0 Å². The van der Waals surface area contributed by atoms with Crippen LogP contribution in [0.15, 0.2) is 42.5 Å².